The van der Waals surface area contributed by atoms with Crippen LogP contribution in [0.3, 0.4) is 0 Å². The van der Waals surface area contributed by atoms with E-state index in [1.165, 1.54) is 12.8 Å². The van der Waals surface area contributed by atoms with Gasteiger partial charge in [0, 0.05) is 23.7 Å². The maximum absolute atomic E-state index is 12.3. The second-order valence-electron chi connectivity index (χ2n) is 6.08. The van der Waals surface area contributed by atoms with Crippen molar-refractivity contribution in [2.24, 2.45) is 0 Å². The van der Waals surface area contributed by atoms with E-state index in [9.17, 15) is 4.79 Å². The van der Waals surface area contributed by atoms with Crippen molar-refractivity contribution in [1.82, 2.24) is 5.32 Å². The number of carbonyl (C=O) groups is 1. The lowest BCUT2D eigenvalue weighted by atomic mass is 10.1. The van der Waals surface area contributed by atoms with E-state index in [0.29, 0.717) is 10.6 Å². The number of para-hydroxylation sites is 2. The number of hydrogen-bond donors (Lipinski definition) is 2. The molecule has 1 amide bonds. The van der Waals surface area contributed by atoms with Crippen molar-refractivity contribution >= 4 is 46.2 Å². The Morgan fingerprint density at radius 1 is 1.16 bits per heavy atom. The van der Waals surface area contributed by atoms with Crippen molar-refractivity contribution in [3.8, 4) is 0 Å². The third kappa shape index (κ3) is 4.30. The topological polar surface area (TPSA) is 44.4 Å². The van der Waals surface area contributed by atoms with Gasteiger partial charge in [-0.3, -0.25) is 10.1 Å². The normalized spacial score (nSPS) is 13.6. The van der Waals surface area contributed by atoms with Crippen molar-refractivity contribution in [1.29, 1.82) is 0 Å². The van der Waals surface area contributed by atoms with Crippen LogP contribution in [0, 0.1) is 6.92 Å². The van der Waals surface area contributed by atoms with Crippen molar-refractivity contribution < 1.29 is 4.79 Å². The number of thiocarbonyl (C=S) groups is 1. The molecule has 6 heteroatoms. The standard InChI is InChI=1S/C19H20ClN3OS/c1-13-8-9-14(12-15(13)20)18(24)22-19(25)21-16-6-2-3-7-17(16)23-10-4-5-11-23/h2-3,6-9,12H,4-5,10-11H2,1H3,(H2,21,22,24,25). The summed E-state index contributed by atoms with van der Waals surface area (Å²) in [5.74, 6) is -0.280. The smallest absolute Gasteiger partial charge is 0.257 e. The van der Waals surface area contributed by atoms with Crippen LogP contribution in [-0.4, -0.2) is 24.1 Å². The zero-order chi connectivity index (χ0) is 17.8. The molecule has 2 N–H and O–H groups in total. The van der Waals surface area contributed by atoms with Crippen LogP contribution in [0.2, 0.25) is 5.02 Å². The van der Waals surface area contributed by atoms with E-state index in [2.05, 4.69) is 21.6 Å². The highest BCUT2D eigenvalue weighted by molar-refractivity contribution is 7.80. The molecule has 2 aromatic rings. The summed E-state index contributed by atoms with van der Waals surface area (Å²) in [6.45, 7) is 3.98. The summed E-state index contributed by atoms with van der Waals surface area (Å²) >= 11 is 11.4. The Morgan fingerprint density at radius 2 is 1.88 bits per heavy atom. The van der Waals surface area contributed by atoms with Gasteiger partial charge < -0.3 is 10.2 Å². The Bertz CT molecular complexity index is 803. The highest BCUT2D eigenvalue weighted by atomic mass is 35.5. The van der Waals surface area contributed by atoms with Gasteiger partial charge in [-0.15, -0.1) is 0 Å². The van der Waals surface area contributed by atoms with E-state index in [0.717, 1.165) is 30.0 Å². The molecule has 0 saturated carbocycles. The van der Waals surface area contributed by atoms with Crippen molar-refractivity contribution in [2.45, 2.75) is 19.8 Å². The molecule has 3 rings (SSSR count). The third-order valence-electron chi connectivity index (χ3n) is 4.26. The maximum Gasteiger partial charge on any atom is 0.257 e. The number of halogens is 1. The minimum absolute atomic E-state index is 0.272. The van der Waals surface area contributed by atoms with Gasteiger partial charge in [-0.25, -0.2) is 0 Å². The first-order chi connectivity index (χ1) is 12.0. The molecule has 0 atom stereocenters. The second kappa shape index (κ2) is 7.85. The third-order valence-corrected chi connectivity index (χ3v) is 4.87. The zero-order valence-corrected chi connectivity index (χ0v) is 15.6. The molecular formula is C19H20ClN3OS. The van der Waals surface area contributed by atoms with Crippen LogP contribution in [0.25, 0.3) is 0 Å². The molecule has 0 bridgehead atoms. The molecule has 0 aromatic heterocycles. The van der Waals surface area contributed by atoms with Crippen LogP contribution in [0.5, 0.6) is 0 Å². The predicted octanol–water partition coefficient (Wildman–Crippen LogP) is 4.38. The number of aryl methyl sites for hydroxylation is 1. The molecule has 2 aromatic carbocycles. The number of hydrogen-bond acceptors (Lipinski definition) is 3. The van der Waals surface area contributed by atoms with Crippen molar-refractivity contribution in [3.63, 3.8) is 0 Å². The molecule has 1 saturated heterocycles. The Kier molecular flexibility index (Phi) is 5.56. The summed E-state index contributed by atoms with van der Waals surface area (Å²) in [6, 6.07) is 13.2. The first-order valence-corrected chi connectivity index (χ1v) is 9.05. The quantitative estimate of drug-likeness (QED) is 0.784. The number of anilines is 2. The molecule has 130 valence electrons. The average Bonchev–Trinajstić information content (AvgIpc) is 3.12. The van der Waals surface area contributed by atoms with E-state index < -0.39 is 0 Å². The van der Waals surface area contributed by atoms with E-state index >= 15 is 0 Å². The number of benzene rings is 2. The minimum Gasteiger partial charge on any atom is -0.370 e. The van der Waals surface area contributed by atoms with E-state index in [1.807, 2.05) is 31.2 Å². The highest BCUT2D eigenvalue weighted by Crippen LogP contribution is 2.28. The number of amides is 1. The lowest BCUT2D eigenvalue weighted by molar-refractivity contribution is 0.0977. The molecule has 25 heavy (non-hydrogen) atoms. The SMILES string of the molecule is Cc1ccc(C(=O)NC(=S)Nc2ccccc2N2CCCC2)cc1Cl. The fourth-order valence-electron chi connectivity index (χ4n) is 2.88. The van der Waals surface area contributed by atoms with Crippen LogP contribution in [0.1, 0.15) is 28.8 Å². The minimum atomic E-state index is -0.280. The molecule has 0 unspecified atom stereocenters. The first kappa shape index (κ1) is 17.7. The number of nitrogens with one attached hydrogen (secondary N) is 2. The summed E-state index contributed by atoms with van der Waals surface area (Å²) in [5, 5.41) is 6.68. The Hall–Kier alpha value is -2.11. The molecule has 1 fully saturated rings. The number of rotatable bonds is 3. The van der Waals surface area contributed by atoms with Gasteiger partial charge in [0.2, 0.25) is 0 Å². The van der Waals surface area contributed by atoms with E-state index in [4.69, 9.17) is 23.8 Å². The summed E-state index contributed by atoms with van der Waals surface area (Å²) in [7, 11) is 0. The molecule has 0 spiro atoms. The molecule has 4 nitrogen and oxygen atoms in total. The molecule has 1 aliphatic rings. The van der Waals surface area contributed by atoms with E-state index in [-0.39, 0.29) is 11.0 Å². The maximum atomic E-state index is 12.3. The van der Waals surface area contributed by atoms with E-state index in [1.54, 1.807) is 12.1 Å². The lowest BCUT2D eigenvalue weighted by Crippen LogP contribution is -2.34. The van der Waals surface area contributed by atoms with Gasteiger partial charge in [-0.1, -0.05) is 29.8 Å². The van der Waals surface area contributed by atoms with Gasteiger partial charge in [-0.2, -0.15) is 0 Å². The molecule has 1 aliphatic heterocycles. The molecule has 0 aliphatic carbocycles. The van der Waals surface area contributed by atoms with Crippen LogP contribution in [-0.2, 0) is 0 Å². The summed E-state index contributed by atoms with van der Waals surface area (Å²) in [4.78, 5) is 14.7. The first-order valence-electron chi connectivity index (χ1n) is 8.27. The molecule has 0 radical (unpaired) electrons. The summed E-state index contributed by atoms with van der Waals surface area (Å²) < 4.78 is 0. The van der Waals surface area contributed by atoms with Crippen LogP contribution >= 0.6 is 23.8 Å². The van der Waals surface area contributed by atoms with Gasteiger partial charge in [-0.05, 0) is 61.8 Å². The lowest BCUT2D eigenvalue weighted by Gasteiger charge is -2.22. The Morgan fingerprint density at radius 3 is 2.60 bits per heavy atom. The molecular weight excluding hydrogens is 354 g/mol. The highest BCUT2D eigenvalue weighted by Gasteiger charge is 2.16. The van der Waals surface area contributed by atoms with Crippen molar-refractivity contribution in [2.75, 3.05) is 23.3 Å². The Balaban J connectivity index is 1.68. The fourth-order valence-corrected chi connectivity index (χ4v) is 3.26. The van der Waals surface area contributed by atoms with Gasteiger partial charge in [0.1, 0.15) is 0 Å². The number of carbonyl (C=O) groups excluding carboxylic acids is 1. The Labute approximate surface area is 158 Å². The average molecular weight is 374 g/mol. The monoisotopic (exact) mass is 373 g/mol. The van der Waals surface area contributed by atoms with Crippen molar-refractivity contribution in [3.05, 3.63) is 58.6 Å². The van der Waals surface area contributed by atoms with Crippen LogP contribution in [0.4, 0.5) is 11.4 Å². The van der Waals surface area contributed by atoms with Gasteiger partial charge in [0.15, 0.2) is 5.11 Å². The zero-order valence-electron chi connectivity index (χ0n) is 14.0. The summed E-state index contributed by atoms with van der Waals surface area (Å²) in [6.07, 6.45) is 2.40. The van der Waals surface area contributed by atoms with Gasteiger partial charge in [0.05, 0.1) is 11.4 Å². The number of nitrogens with zero attached hydrogens (tertiary/aromatic N) is 1. The summed E-state index contributed by atoms with van der Waals surface area (Å²) in [5.41, 5.74) is 3.41. The predicted molar refractivity (Wildman–Crippen MR) is 108 cm³/mol. The fraction of sp³-hybridized carbons (Fsp3) is 0.263. The largest absolute Gasteiger partial charge is 0.370 e. The van der Waals surface area contributed by atoms with Gasteiger partial charge in [0.25, 0.3) is 5.91 Å². The second-order valence-corrected chi connectivity index (χ2v) is 6.90. The van der Waals surface area contributed by atoms with Crippen LogP contribution < -0.4 is 15.5 Å². The van der Waals surface area contributed by atoms with Gasteiger partial charge >= 0.3 is 0 Å². The van der Waals surface area contributed by atoms with Crippen LogP contribution in [0.15, 0.2) is 42.5 Å². The molecule has 1 heterocycles.